The van der Waals surface area contributed by atoms with Crippen LogP contribution in [0.1, 0.15) is 28.9 Å². The minimum Gasteiger partial charge on any atom is -0.486 e. The smallest absolute Gasteiger partial charge is 0.263 e. The van der Waals surface area contributed by atoms with Crippen LogP contribution in [-0.4, -0.2) is 42.0 Å². The summed E-state index contributed by atoms with van der Waals surface area (Å²) in [5.41, 5.74) is 1.57. The Hall–Kier alpha value is -3.06. The molecule has 0 N–H and O–H groups in total. The number of hydrogen-bond acceptors (Lipinski definition) is 7. The van der Waals surface area contributed by atoms with E-state index in [1.165, 1.54) is 0 Å². The van der Waals surface area contributed by atoms with Crippen molar-refractivity contribution < 1.29 is 23.1 Å². The van der Waals surface area contributed by atoms with Gasteiger partial charge in [-0.15, -0.1) is 0 Å². The van der Waals surface area contributed by atoms with Gasteiger partial charge < -0.3 is 18.3 Å². The Morgan fingerprint density at radius 1 is 1.07 bits per heavy atom. The monoisotopic (exact) mass is 394 g/mol. The van der Waals surface area contributed by atoms with E-state index < -0.39 is 0 Å². The molecule has 4 heterocycles. The zero-order valence-electron chi connectivity index (χ0n) is 16.0. The first kappa shape index (κ1) is 18.0. The molecular weight excluding hydrogens is 372 g/mol. The van der Waals surface area contributed by atoms with E-state index in [1.807, 2.05) is 30.3 Å². The van der Waals surface area contributed by atoms with Gasteiger partial charge in [0.15, 0.2) is 23.0 Å². The van der Waals surface area contributed by atoms with Crippen LogP contribution in [0.15, 0.2) is 51.7 Å². The van der Waals surface area contributed by atoms with E-state index in [9.17, 15) is 4.79 Å². The van der Waals surface area contributed by atoms with Crippen molar-refractivity contribution in [2.75, 3.05) is 26.3 Å². The number of carbonyl (C=O) groups excluding carboxylic acids is 1. The first-order valence-electron chi connectivity index (χ1n) is 9.91. The molecule has 3 aromatic rings. The third kappa shape index (κ3) is 3.78. The van der Waals surface area contributed by atoms with E-state index in [4.69, 9.17) is 18.3 Å². The summed E-state index contributed by atoms with van der Waals surface area (Å²) in [5.74, 6) is 2.71. The average Bonchev–Trinajstić information content (AvgIpc) is 3.45. The Bertz CT molecular complexity index is 987. The minimum absolute atomic E-state index is 0.0322. The van der Waals surface area contributed by atoms with E-state index >= 15 is 0 Å². The van der Waals surface area contributed by atoms with Crippen LogP contribution in [0.2, 0.25) is 0 Å². The predicted molar refractivity (Wildman–Crippen MR) is 104 cm³/mol. The maximum Gasteiger partial charge on any atom is 0.263 e. The zero-order valence-corrected chi connectivity index (χ0v) is 16.0. The van der Waals surface area contributed by atoms with E-state index in [1.54, 1.807) is 12.5 Å². The van der Waals surface area contributed by atoms with Crippen LogP contribution in [0.4, 0.5) is 0 Å². The highest BCUT2D eigenvalue weighted by atomic mass is 16.6. The highest BCUT2D eigenvalue weighted by Crippen LogP contribution is 2.32. The molecule has 0 bridgehead atoms. The SMILES string of the molecule is O=C(c1ccc2c(c1)OCCO2)C1CCN(Cc2coc(-c3ccco3)n2)CC1. The third-order valence-corrected chi connectivity index (χ3v) is 5.45. The van der Waals surface area contributed by atoms with Crippen LogP contribution in [0, 0.1) is 5.92 Å². The summed E-state index contributed by atoms with van der Waals surface area (Å²) in [5, 5.41) is 0. The average molecular weight is 394 g/mol. The van der Waals surface area contributed by atoms with Gasteiger partial charge in [0.05, 0.1) is 12.0 Å². The maximum absolute atomic E-state index is 12.9. The van der Waals surface area contributed by atoms with Crippen molar-refractivity contribution >= 4 is 5.78 Å². The standard InChI is InChI=1S/C22H22N2O5/c25-21(16-3-4-18-20(12-16)28-11-10-27-18)15-5-7-24(8-6-15)13-17-14-29-22(23-17)19-2-1-9-26-19/h1-4,9,12,14-15H,5-8,10-11,13H2. The molecule has 0 atom stereocenters. The number of aromatic nitrogens is 1. The van der Waals surface area contributed by atoms with Gasteiger partial charge in [-0.2, -0.15) is 0 Å². The summed E-state index contributed by atoms with van der Waals surface area (Å²) in [4.78, 5) is 19.7. The number of Topliss-reactive ketones (excluding diaryl/α,β-unsaturated/α-hetero) is 1. The number of likely N-dealkylation sites (tertiary alicyclic amines) is 1. The molecule has 0 amide bonds. The number of hydrogen-bond donors (Lipinski definition) is 0. The maximum atomic E-state index is 12.9. The predicted octanol–water partition coefficient (Wildman–Crippen LogP) is 3.80. The molecule has 0 spiro atoms. The Morgan fingerprint density at radius 3 is 2.69 bits per heavy atom. The molecule has 2 aliphatic heterocycles. The van der Waals surface area contributed by atoms with E-state index in [0.29, 0.717) is 48.5 Å². The Balaban J connectivity index is 1.18. The lowest BCUT2D eigenvalue weighted by molar-refractivity contribution is 0.0832. The van der Waals surface area contributed by atoms with Gasteiger partial charge in [0.25, 0.3) is 5.89 Å². The summed E-state index contributed by atoms with van der Waals surface area (Å²) in [6.45, 7) is 3.48. The highest BCUT2D eigenvalue weighted by Gasteiger charge is 2.27. The van der Waals surface area contributed by atoms with Crippen LogP contribution in [0.25, 0.3) is 11.7 Å². The van der Waals surface area contributed by atoms with Crippen molar-refractivity contribution in [2.24, 2.45) is 5.92 Å². The molecule has 1 aromatic carbocycles. The van der Waals surface area contributed by atoms with Crippen molar-refractivity contribution in [3.63, 3.8) is 0 Å². The van der Waals surface area contributed by atoms with Crippen molar-refractivity contribution in [1.29, 1.82) is 0 Å². The highest BCUT2D eigenvalue weighted by molar-refractivity contribution is 5.98. The summed E-state index contributed by atoms with van der Waals surface area (Å²) in [6.07, 6.45) is 4.93. The summed E-state index contributed by atoms with van der Waals surface area (Å²) < 4.78 is 22.0. The number of ketones is 1. The number of piperidine rings is 1. The van der Waals surface area contributed by atoms with Crippen LogP contribution < -0.4 is 9.47 Å². The number of furan rings is 1. The van der Waals surface area contributed by atoms with Gasteiger partial charge >= 0.3 is 0 Å². The quantitative estimate of drug-likeness (QED) is 0.609. The summed E-state index contributed by atoms with van der Waals surface area (Å²) in [6, 6.07) is 9.12. The molecule has 2 aliphatic rings. The normalized spacial score (nSPS) is 17.4. The fraction of sp³-hybridized carbons (Fsp3) is 0.364. The fourth-order valence-electron chi connectivity index (χ4n) is 3.91. The summed E-state index contributed by atoms with van der Waals surface area (Å²) in [7, 11) is 0. The summed E-state index contributed by atoms with van der Waals surface area (Å²) >= 11 is 0. The molecule has 0 unspecified atom stereocenters. The molecule has 1 fully saturated rings. The molecule has 2 aromatic heterocycles. The molecule has 0 radical (unpaired) electrons. The fourth-order valence-corrected chi connectivity index (χ4v) is 3.91. The van der Waals surface area contributed by atoms with Crippen LogP contribution >= 0.6 is 0 Å². The van der Waals surface area contributed by atoms with Crippen LogP contribution in [-0.2, 0) is 6.54 Å². The van der Waals surface area contributed by atoms with Gasteiger partial charge in [-0.25, -0.2) is 4.98 Å². The first-order valence-corrected chi connectivity index (χ1v) is 9.91. The molecule has 7 heteroatoms. The molecule has 0 saturated carbocycles. The number of benzene rings is 1. The number of rotatable bonds is 5. The number of ether oxygens (including phenoxy) is 2. The topological polar surface area (TPSA) is 77.9 Å². The van der Waals surface area contributed by atoms with Gasteiger partial charge in [0.2, 0.25) is 0 Å². The number of oxazole rings is 1. The lowest BCUT2D eigenvalue weighted by Gasteiger charge is -2.30. The second-order valence-corrected chi connectivity index (χ2v) is 7.39. The van der Waals surface area contributed by atoms with Crippen molar-refractivity contribution in [3.05, 3.63) is 54.1 Å². The third-order valence-electron chi connectivity index (χ3n) is 5.45. The van der Waals surface area contributed by atoms with Gasteiger partial charge in [-0.3, -0.25) is 9.69 Å². The Labute approximate surface area is 168 Å². The van der Waals surface area contributed by atoms with E-state index in [2.05, 4.69) is 9.88 Å². The Kier molecular flexibility index (Phi) is 4.81. The van der Waals surface area contributed by atoms with Crippen molar-refractivity contribution in [1.82, 2.24) is 9.88 Å². The number of nitrogens with zero attached hydrogens (tertiary/aromatic N) is 2. The van der Waals surface area contributed by atoms with E-state index in [-0.39, 0.29) is 11.7 Å². The van der Waals surface area contributed by atoms with Crippen molar-refractivity contribution in [2.45, 2.75) is 19.4 Å². The Morgan fingerprint density at radius 2 is 1.90 bits per heavy atom. The van der Waals surface area contributed by atoms with Gasteiger partial charge in [-0.05, 0) is 56.3 Å². The minimum atomic E-state index is 0.0322. The lowest BCUT2D eigenvalue weighted by Crippen LogP contribution is -2.36. The number of fused-ring (bicyclic) bond motifs is 1. The second-order valence-electron chi connectivity index (χ2n) is 7.39. The molecule has 29 heavy (non-hydrogen) atoms. The molecule has 0 aliphatic carbocycles. The molecule has 150 valence electrons. The van der Waals surface area contributed by atoms with Gasteiger partial charge in [0.1, 0.15) is 19.5 Å². The van der Waals surface area contributed by atoms with Crippen LogP contribution in [0.5, 0.6) is 11.5 Å². The lowest BCUT2D eigenvalue weighted by atomic mass is 9.88. The number of carbonyl (C=O) groups is 1. The van der Waals surface area contributed by atoms with Gasteiger partial charge in [0, 0.05) is 18.0 Å². The molecule has 7 nitrogen and oxygen atoms in total. The molecular formula is C22H22N2O5. The molecule has 5 rings (SSSR count). The second kappa shape index (κ2) is 7.75. The van der Waals surface area contributed by atoms with Crippen LogP contribution in [0.3, 0.4) is 0 Å². The zero-order chi connectivity index (χ0) is 19.6. The van der Waals surface area contributed by atoms with Crippen molar-refractivity contribution in [3.8, 4) is 23.1 Å². The van der Waals surface area contributed by atoms with Gasteiger partial charge in [-0.1, -0.05) is 0 Å². The molecule has 1 saturated heterocycles. The largest absolute Gasteiger partial charge is 0.486 e. The first-order chi connectivity index (χ1) is 14.3. The van der Waals surface area contributed by atoms with E-state index in [0.717, 1.165) is 31.6 Å².